The van der Waals surface area contributed by atoms with Crippen molar-refractivity contribution in [1.29, 1.82) is 0 Å². The van der Waals surface area contributed by atoms with E-state index in [1.807, 2.05) is 69.3 Å². The van der Waals surface area contributed by atoms with Gasteiger partial charge in [0.1, 0.15) is 6.04 Å². The summed E-state index contributed by atoms with van der Waals surface area (Å²) < 4.78 is 0. The SMILES string of the molecule is CCc1ccc(CCC(=O)N(Cc2cccc(C)c2)[C@@H](Cc2ccccc2)C(=O)NC(C)C)cc1. The van der Waals surface area contributed by atoms with Gasteiger partial charge in [-0.25, -0.2) is 0 Å². The van der Waals surface area contributed by atoms with Gasteiger partial charge in [-0.1, -0.05) is 91.3 Å². The molecule has 0 aliphatic rings. The molecule has 0 bridgehead atoms. The maximum absolute atomic E-state index is 13.7. The zero-order valence-electron chi connectivity index (χ0n) is 21.5. The van der Waals surface area contributed by atoms with Gasteiger partial charge in [-0.15, -0.1) is 0 Å². The van der Waals surface area contributed by atoms with Crippen LogP contribution >= 0.6 is 0 Å². The summed E-state index contributed by atoms with van der Waals surface area (Å²) in [5.74, 6) is -0.122. The number of benzene rings is 3. The quantitative estimate of drug-likeness (QED) is 0.393. The Bertz CT molecular complexity index is 1090. The number of hydrogen-bond donors (Lipinski definition) is 1. The Morgan fingerprint density at radius 1 is 0.829 bits per heavy atom. The molecule has 0 fully saturated rings. The summed E-state index contributed by atoms with van der Waals surface area (Å²) in [6, 6.07) is 26.0. The van der Waals surface area contributed by atoms with Crippen LogP contribution in [-0.4, -0.2) is 28.8 Å². The third-order valence-corrected chi connectivity index (χ3v) is 6.20. The van der Waals surface area contributed by atoms with Crippen molar-refractivity contribution in [1.82, 2.24) is 10.2 Å². The fourth-order valence-electron chi connectivity index (χ4n) is 4.28. The number of nitrogens with one attached hydrogen (secondary N) is 1. The topological polar surface area (TPSA) is 49.4 Å². The zero-order valence-corrected chi connectivity index (χ0v) is 21.5. The molecule has 3 rings (SSSR count). The van der Waals surface area contributed by atoms with E-state index >= 15 is 0 Å². The highest BCUT2D eigenvalue weighted by atomic mass is 16.2. The standard InChI is InChI=1S/C31H38N2O2/c1-5-25-14-16-26(17-15-25)18-19-30(34)33(22-28-13-9-10-24(4)20-28)29(31(35)32-23(2)3)21-27-11-7-6-8-12-27/h6-17,20,23,29H,5,18-19,21-22H2,1-4H3,(H,32,35)/t29-/m0/s1. The normalized spacial score (nSPS) is 11.8. The number of nitrogens with zero attached hydrogens (tertiary/aromatic N) is 1. The number of carbonyl (C=O) groups excluding carboxylic acids is 2. The first-order chi connectivity index (χ1) is 16.9. The Morgan fingerprint density at radius 3 is 2.11 bits per heavy atom. The largest absolute Gasteiger partial charge is 0.352 e. The molecule has 0 aliphatic carbocycles. The lowest BCUT2D eigenvalue weighted by Gasteiger charge is -2.32. The molecule has 3 aromatic carbocycles. The molecular weight excluding hydrogens is 432 g/mol. The lowest BCUT2D eigenvalue weighted by molar-refractivity contribution is -0.141. The van der Waals surface area contributed by atoms with E-state index < -0.39 is 6.04 Å². The third kappa shape index (κ3) is 8.10. The summed E-state index contributed by atoms with van der Waals surface area (Å²) >= 11 is 0. The minimum Gasteiger partial charge on any atom is -0.352 e. The van der Waals surface area contributed by atoms with E-state index in [1.165, 1.54) is 5.56 Å². The van der Waals surface area contributed by atoms with E-state index in [0.717, 1.165) is 28.7 Å². The summed E-state index contributed by atoms with van der Waals surface area (Å²) in [6.07, 6.45) is 2.48. The molecule has 3 aromatic rings. The number of aryl methyl sites for hydroxylation is 3. The lowest BCUT2D eigenvalue weighted by atomic mass is 10.0. The van der Waals surface area contributed by atoms with Crippen molar-refractivity contribution in [2.24, 2.45) is 0 Å². The first-order valence-electron chi connectivity index (χ1n) is 12.6. The molecule has 4 heteroatoms. The molecule has 2 amide bonds. The molecule has 0 radical (unpaired) electrons. The van der Waals surface area contributed by atoms with E-state index in [2.05, 4.69) is 42.6 Å². The van der Waals surface area contributed by atoms with Gasteiger partial charge in [-0.3, -0.25) is 9.59 Å². The average molecular weight is 471 g/mol. The van der Waals surface area contributed by atoms with Gasteiger partial charge in [0.05, 0.1) is 0 Å². The minimum absolute atomic E-state index is 0.00576. The van der Waals surface area contributed by atoms with Gasteiger partial charge in [-0.05, 0) is 55.9 Å². The second-order valence-electron chi connectivity index (χ2n) is 9.55. The molecule has 0 saturated heterocycles. The number of hydrogen-bond acceptors (Lipinski definition) is 2. The predicted molar refractivity (Wildman–Crippen MR) is 143 cm³/mol. The summed E-state index contributed by atoms with van der Waals surface area (Å²) in [6.45, 7) is 8.48. The number of carbonyl (C=O) groups is 2. The fraction of sp³-hybridized carbons (Fsp3) is 0.355. The Kier molecular flexibility index (Phi) is 9.66. The molecule has 35 heavy (non-hydrogen) atoms. The fourth-order valence-corrected chi connectivity index (χ4v) is 4.28. The van der Waals surface area contributed by atoms with Gasteiger partial charge >= 0.3 is 0 Å². The van der Waals surface area contributed by atoms with Crippen LogP contribution in [0.25, 0.3) is 0 Å². The Labute approximate surface area is 210 Å². The van der Waals surface area contributed by atoms with Gasteiger partial charge in [0.2, 0.25) is 11.8 Å². The van der Waals surface area contributed by atoms with Crippen LogP contribution in [0.15, 0.2) is 78.9 Å². The van der Waals surface area contributed by atoms with Crippen LogP contribution in [0.1, 0.15) is 55.0 Å². The Balaban J connectivity index is 1.88. The molecule has 184 valence electrons. The van der Waals surface area contributed by atoms with Gasteiger partial charge in [0, 0.05) is 25.4 Å². The van der Waals surface area contributed by atoms with Crippen LogP contribution in [-0.2, 0) is 35.4 Å². The maximum Gasteiger partial charge on any atom is 0.243 e. The number of rotatable bonds is 11. The summed E-state index contributed by atoms with van der Waals surface area (Å²) in [5, 5.41) is 3.05. The van der Waals surface area contributed by atoms with E-state index in [-0.39, 0.29) is 17.9 Å². The second kappa shape index (κ2) is 12.9. The molecule has 0 aliphatic heterocycles. The highest BCUT2D eigenvalue weighted by Crippen LogP contribution is 2.18. The molecule has 0 spiro atoms. The van der Waals surface area contributed by atoms with E-state index in [1.54, 1.807) is 4.90 Å². The minimum atomic E-state index is -0.588. The van der Waals surface area contributed by atoms with Crippen LogP contribution < -0.4 is 5.32 Å². The highest BCUT2D eigenvalue weighted by molar-refractivity contribution is 5.88. The van der Waals surface area contributed by atoms with Crippen LogP contribution in [0, 0.1) is 6.92 Å². The van der Waals surface area contributed by atoms with Crippen molar-refractivity contribution in [3.05, 3.63) is 107 Å². The lowest BCUT2D eigenvalue weighted by Crippen LogP contribution is -2.51. The van der Waals surface area contributed by atoms with Crippen molar-refractivity contribution >= 4 is 11.8 Å². The van der Waals surface area contributed by atoms with E-state index in [4.69, 9.17) is 0 Å². The monoisotopic (exact) mass is 470 g/mol. The highest BCUT2D eigenvalue weighted by Gasteiger charge is 2.30. The first kappa shape index (κ1) is 26.2. The van der Waals surface area contributed by atoms with Crippen molar-refractivity contribution in [2.45, 2.75) is 72.0 Å². The van der Waals surface area contributed by atoms with Crippen molar-refractivity contribution in [3.8, 4) is 0 Å². The number of amides is 2. The van der Waals surface area contributed by atoms with Crippen LogP contribution in [0.4, 0.5) is 0 Å². The van der Waals surface area contributed by atoms with E-state index in [0.29, 0.717) is 25.8 Å². The summed E-state index contributed by atoms with van der Waals surface area (Å²) in [7, 11) is 0. The van der Waals surface area contributed by atoms with Gasteiger partial charge < -0.3 is 10.2 Å². The van der Waals surface area contributed by atoms with E-state index in [9.17, 15) is 9.59 Å². The van der Waals surface area contributed by atoms with Gasteiger partial charge in [0.15, 0.2) is 0 Å². The second-order valence-corrected chi connectivity index (χ2v) is 9.55. The molecule has 0 aromatic heterocycles. The zero-order chi connectivity index (χ0) is 25.2. The van der Waals surface area contributed by atoms with Crippen molar-refractivity contribution in [3.63, 3.8) is 0 Å². The first-order valence-corrected chi connectivity index (χ1v) is 12.6. The average Bonchev–Trinajstić information content (AvgIpc) is 2.85. The van der Waals surface area contributed by atoms with Gasteiger partial charge in [0.25, 0.3) is 0 Å². The molecule has 1 N–H and O–H groups in total. The third-order valence-electron chi connectivity index (χ3n) is 6.20. The van der Waals surface area contributed by atoms with Crippen molar-refractivity contribution in [2.75, 3.05) is 0 Å². The molecule has 0 saturated carbocycles. The summed E-state index contributed by atoms with van der Waals surface area (Å²) in [5.41, 5.74) is 5.62. The Hall–Kier alpha value is -3.40. The maximum atomic E-state index is 13.7. The smallest absolute Gasteiger partial charge is 0.243 e. The molecule has 1 atom stereocenters. The Morgan fingerprint density at radius 2 is 1.49 bits per heavy atom. The molecule has 0 heterocycles. The van der Waals surface area contributed by atoms with Gasteiger partial charge in [-0.2, -0.15) is 0 Å². The summed E-state index contributed by atoms with van der Waals surface area (Å²) in [4.78, 5) is 28.9. The molecule has 0 unspecified atom stereocenters. The van der Waals surface area contributed by atoms with Crippen LogP contribution in [0.5, 0.6) is 0 Å². The van der Waals surface area contributed by atoms with Crippen molar-refractivity contribution < 1.29 is 9.59 Å². The van der Waals surface area contributed by atoms with Crippen LogP contribution in [0.2, 0.25) is 0 Å². The molecular formula is C31H38N2O2. The molecule has 4 nitrogen and oxygen atoms in total. The van der Waals surface area contributed by atoms with Crippen LogP contribution in [0.3, 0.4) is 0 Å². The predicted octanol–water partition coefficient (Wildman–Crippen LogP) is 5.65.